The molecule has 24 heavy (non-hydrogen) atoms. The van der Waals surface area contributed by atoms with Crippen molar-refractivity contribution in [2.45, 2.75) is 37.9 Å². The number of nitrogens with one attached hydrogen (secondary N) is 1. The molecule has 4 rings (SSSR count). The maximum atomic E-state index is 11.8. The SMILES string of the molecule is COc1ccc(-n2ccnc2CN2[C@@H]3CC[C@H]2CNC(=O)C3)cc1. The summed E-state index contributed by atoms with van der Waals surface area (Å²) in [7, 11) is 1.67. The highest BCUT2D eigenvalue weighted by Gasteiger charge is 2.37. The third-order valence-electron chi connectivity index (χ3n) is 5.12. The van der Waals surface area contributed by atoms with E-state index in [1.54, 1.807) is 7.11 Å². The molecule has 6 nitrogen and oxygen atoms in total. The van der Waals surface area contributed by atoms with Crippen LogP contribution in [0.2, 0.25) is 0 Å². The van der Waals surface area contributed by atoms with Gasteiger partial charge in [0.15, 0.2) is 0 Å². The Morgan fingerprint density at radius 3 is 2.83 bits per heavy atom. The Kier molecular flexibility index (Phi) is 3.98. The van der Waals surface area contributed by atoms with Crippen molar-refractivity contribution in [1.82, 2.24) is 19.8 Å². The van der Waals surface area contributed by atoms with Crippen LogP contribution in [0.5, 0.6) is 5.75 Å². The molecule has 0 spiro atoms. The molecule has 1 aromatic carbocycles. The predicted molar refractivity (Wildman–Crippen MR) is 90.1 cm³/mol. The Morgan fingerprint density at radius 2 is 2.04 bits per heavy atom. The molecule has 126 valence electrons. The first-order chi connectivity index (χ1) is 11.7. The Balaban J connectivity index is 1.57. The van der Waals surface area contributed by atoms with E-state index in [0.717, 1.165) is 43.2 Å². The number of imidazole rings is 1. The number of carbonyl (C=O) groups excluding carboxylic acids is 1. The molecule has 2 fully saturated rings. The fraction of sp³-hybridized carbons (Fsp3) is 0.444. The highest BCUT2D eigenvalue weighted by atomic mass is 16.5. The smallest absolute Gasteiger partial charge is 0.221 e. The van der Waals surface area contributed by atoms with Gasteiger partial charge in [-0.3, -0.25) is 9.69 Å². The molecule has 1 N–H and O–H groups in total. The summed E-state index contributed by atoms with van der Waals surface area (Å²) in [4.78, 5) is 18.8. The van der Waals surface area contributed by atoms with Crippen molar-refractivity contribution in [3.8, 4) is 11.4 Å². The van der Waals surface area contributed by atoms with Gasteiger partial charge in [0.1, 0.15) is 11.6 Å². The second kappa shape index (κ2) is 6.28. The predicted octanol–water partition coefficient (Wildman–Crippen LogP) is 1.73. The summed E-state index contributed by atoms with van der Waals surface area (Å²) >= 11 is 0. The van der Waals surface area contributed by atoms with Crippen LogP contribution < -0.4 is 10.1 Å². The van der Waals surface area contributed by atoms with Crippen molar-refractivity contribution in [3.05, 3.63) is 42.5 Å². The fourth-order valence-corrected chi connectivity index (χ4v) is 3.82. The second-order valence-electron chi connectivity index (χ2n) is 6.48. The Bertz CT molecular complexity index is 725. The van der Waals surface area contributed by atoms with E-state index in [9.17, 15) is 4.79 Å². The molecule has 0 unspecified atom stereocenters. The van der Waals surface area contributed by atoms with Crippen LogP contribution in [0.3, 0.4) is 0 Å². The number of methoxy groups -OCH3 is 1. The number of ether oxygens (including phenoxy) is 1. The van der Waals surface area contributed by atoms with Crippen molar-refractivity contribution in [2.75, 3.05) is 13.7 Å². The van der Waals surface area contributed by atoms with Crippen LogP contribution in [0.1, 0.15) is 25.1 Å². The summed E-state index contributed by atoms with van der Waals surface area (Å²) in [5.41, 5.74) is 1.07. The van der Waals surface area contributed by atoms with E-state index in [4.69, 9.17) is 4.74 Å². The lowest BCUT2D eigenvalue weighted by atomic mass is 10.1. The number of carbonyl (C=O) groups is 1. The quantitative estimate of drug-likeness (QED) is 0.930. The lowest BCUT2D eigenvalue weighted by Gasteiger charge is -2.26. The van der Waals surface area contributed by atoms with Crippen molar-refractivity contribution in [3.63, 3.8) is 0 Å². The number of benzene rings is 1. The van der Waals surface area contributed by atoms with E-state index in [-0.39, 0.29) is 5.91 Å². The average molecular weight is 326 g/mol. The number of amides is 1. The molecule has 2 atom stereocenters. The van der Waals surface area contributed by atoms with Gasteiger partial charge in [-0.25, -0.2) is 4.98 Å². The number of hydrogen-bond donors (Lipinski definition) is 1. The molecule has 3 heterocycles. The molecule has 1 aromatic heterocycles. The van der Waals surface area contributed by atoms with E-state index in [2.05, 4.69) is 19.8 Å². The van der Waals surface area contributed by atoms with Gasteiger partial charge in [-0.1, -0.05) is 0 Å². The van der Waals surface area contributed by atoms with Gasteiger partial charge in [-0.05, 0) is 37.1 Å². The summed E-state index contributed by atoms with van der Waals surface area (Å²) in [6, 6.07) is 8.73. The van der Waals surface area contributed by atoms with Crippen LogP contribution in [0.15, 0.2) is 36.7 Å². The minimum atomic E-state index is 0.172. The lowest BCUT2D eigenvalue weighted by molar-refractivity contribution is -0.121. The normalized spacial score (nSPS) is 23.8. The third-order valence-corrected chi connectivity index (χ3v) is 5.12. The number of fused-ring (bicyclic) bond motifs is 2. The number of rotatable bonds is 4. The highest BCUT2D eigenvalue weighted by molar-refractivity contribution is 5.77. The first-order valence-corrected chi connectivity index (χ1v) is 8.43. The average Bonchev–Trinajstić information content (AvgIpc) is 3.16. The standard InChI is InChI=1S/C18H22N4O2/c1-24-16-6-4-13(5-7-16)21-9-8-19-17(21)12-22-14-2-3-15(22)11-20-18(23)10-14/h4-9,14-15H,2-3,10-12H2,1H3,(H,20,23)/t14-,15+/m1/s1. The van der Waals surface area contributed by atoms with Crippen LogP contribution in [-0.4, -0.2) is 46.1 Å². The van der Waals surface area contributed by atoms with Gasteiger partial charge < -0.3 is 14.6 Å². The zero-order valence-corrected chi connectivity index (χ0v) is 13.8. The molecule has 2 saturated heterocycles. The molecule has 2 aromatic rings. The zero-order valence-electron chi connectivity index (χ0n) is 13.8. The van der Waals surface area contributed by atoms with Crippen LogP contribution in [0.4, 0.5) is 0 Å². The maximum absolute atomic E-state index is 11.8. The van der Waals surface area contributed by atoms with E-state index in [0.29, 0.717) is 18.5 Å². The van der Waals surface area contributed by atoms with Gasteiger partial charge >= 0.3 is 0 Å². The first-order valence-electron chi connectivity index (χ1n) is 8.43. The Hall–Kier alpha value is -2.34. The maximum Gasteiger partial charge on any atom is 0.221 e. The van der Waals surface area contributed by atoms with Crippen molar-refractivity contribution in [2.24, 2.45) is 0 Å². The fourth-order valence-electron chi connectivity index (χ4n) is 3.82. The monoisotopic (exact) mass is 326 g/mol. The van der Waals surface area contributed by atoms with Crippen molar-refractivity contribution < 1.29 is 9.53 Å². The molecule has 2 aliphatic heterocycles. The minimum absolute atomic E-state index is 0.172. The summed E-state index contributed by atoms with van der Waals surface area (Å²) in [5.74, 6) is 2.02. The second-order valence-corrected chi connectivity index (χ2v) is 6.48. The van der Waals surface area contributed by atoms with Gasteiger partial charge in [0, 0.05) is 43.1 Å². The number of hydrogen-bond acceptors (Lipinski definition) is 4. The molecule has 0 radical (unpaired) electrons. The van der Waals surface area contributed by atoms with Crippen molar-refractivity contribution in [1.29, 1.82) is 0 Å². The lowest BCUT2D eigenvalue weighted by Crippen LogP contribution is -2.38. The summed E-state index contributed by atoms with van der Waals surface area (Å²) < 4.78 is 7.34. The molecular weight excluding hydrogens is 304 g/mol. The summed E-state index contributed by atoms with van der Waals surface area (Å²) in [6.07, 6.45) is 6.66. The van der Waals surface area contributed by atoms with E-state index >= 15 is 0 Å². The van der Waals surface area contributed by atoms with Gasteiger partial charge in [0.25, 0.3) is 0 Å². The third kappa shape index (κ3) is 2.78. The van der Waals surface area contributed by atoms with Crippen LogP contribution in [0, 0.1) is 0 Å². The number of nitrogens with zero attached hydrogens (tertiary/aromatic N) is 3. The van der Waals surface area contributed by atoms with E-state index in [1.807, 2.05) is 36.7 Å². The molecule has 1 amide bonds. The molecule has 2 bridgehead atoms. The van der Waals surface area contributed by atoms with Gasteiger partial charge in [0.2, 0.25) is 5.91 Å². The first kappa shape index (κ1) is 15.2. The molecule has 0 saturated carbocycles. The van der Waals surface area contributed by atoms with Crippen molar-refractivity contribution >= 4 is 5.91 Å². The largest absolute Gasteiger partial charge is 0.497 e. The molecule has 2 aliphatic rings. The topological polar surface area (TPSA) is 59.4 Å². The summed E-state index contributed by atoms with van der Waals surface area (Å²) in [5, 5.41) is 3.02. The van der Waals surface area contributed by atoms with Crippen LogP contribution in [-0.2, 0) is 11.3 Å². The van der Waals surface area contributed by atoms with Crippen LogP contribution in [0.25, 0.3) is 5.69 Å². The Morgan fingerprint density at radius 1 is 1.25 bits per heavy atom. The molecular formula is C18H22N4O2. The van der Waals surface area contributed by atoms with E-state index in [1.165, 1.54) is 0 Å². The van der Waals surface area contributed by atoms with Gasteiger partial charge in [-0.2, -0.15) is 0 Å². The highest BCUT2D eigenvalue weighted by Crippen LogP contribution is 2.30. The summed E-state index contributed by atoms with van der Waals surface area (Å²) in [6.45, 7) is 1.52. The van der Waals surface area contributed by atoms with Gasteiger partial charge in [0.05, 0.1) is 13.7 Å². The van der Waals surface area contributed by atoms with Gasteiger partial charge in [-0.15, -0.1) is 0 Å². The number of aromatic nitrogens is 2. The Labute approximate surface area is 141 Å². The van der Waals surface area contributed by atoms with E-state index < -0.39 is 0 Å². The molecule has 6 heteroatoms. The van der Waals surface area contributed by atoms with Crippen LogP contribution >= 0.6 is 0 Å². The zero-order chi connectivity index (χ0) is 16.5. The minimum Gasteiger partial charge on any atom is -0.497 e. The molecule has 0 aliphatic carbocycles.